The van der Waals surface area contributed by atoms with Crippen molar-refractivity contribution in [3.8, 4) is 6.07 Å². The molecule has 2 rings (SSSR count). The highest BCUT2D eigenvalue weighted by molar-refractivity contribution is 5.39. The van der Waals surface area contributed by atoms with Gasteiger partial charge in [-0.25, -0.2) is 0 Å². The lowest BCUT2D eigenvalue weighted by Crippen LogP contribution is -2.46. The molecule has 0 spiro atoms. The summed E-state index contributed by atoms with van der Waals surface area (Å²) in [7, 11) is 0. The van der Waals surface area contributed by atoms with E-state index < -0.39 is 18.6 Å². The van der Waals surface area contributed by atoms with Gasteiger partial charge in [0.05, 0.1) is 18.1 Å². The summed E-state index contributed by atoms with van der Waals surface area (Å²) in [6.45, 7) is 2.45. The number of benzene rings is 1. The van der Waals surface area contributed by atoms with E-state index in [9.17, 15) is 13.2 Å². The van der Waals surface area contributed by atoms with Crippen LogP contribution < -0.4 is 5.32 Å². The Bertz CT molecular complexity index is 487. The fourth-order valence-electron chi connectivity index (χ4n) is 2.54. The number of hydrogen-bond acceptors (Lipinski definition) is 3. The van der Waals surface area contributed by atoms with Crippen LogP contribution in [-0.4, -0.2) is 37.3 Å². The second kappa shape index (κ2) is 6.25. The third-order valence-corrected chi connectivity index (χ3v) is 3.46. The van der Waals surface area contributed by atoms with E-state index in [4.69, 9.17) is 5.26 Å². The van der Waals surface area contributed by atoms with Crippen LogP contribution in [0.25, 0.3) is 0 Å². The molecule has 1 aliphatic rings. The maximum atomic E-state index is 12.9. The zero-order valence-electron chi connectivity index (χ0n) is 11.0. The number of rotatable bonds is 3. The maximum Gasteiger partial charge on any atom is 0.390 e. The van der Waals surface area contributed by atoms with E-state index in [1.165, 1.54) is 0 Å². The Labute approximate surface area is 116 Å². The summed E-state index contributed by atoms with van der Waals surface area (Å²) in [5.74, 6) is 0. The Balaban J connectivity index is 2.32. The van der Waals surface area contributed by atoms with Gasteiger partial charge in [-0.2, -0.15) is 18.4 Å². The molecule has 0 unspecified atom stereocenters. The molecule has 0 saturated carbocycles. The number of alkyl halides is 3. The quantitative estimate of drug-likeness (QED) is 0.926. The molecule has 0 amide bonds. The Hall–Kier alpha value is -1.58. The normalized spacial score (nSPS) is 18.5. The van der Waals surface area contributed by atoms with E-state index in [1.807, 2.05) is 6.07 Å². The number of halogens is 3. The average Bonchev–Trinajstić information content (AvgIpc) is 2.45. The van der Waals surface area contributed by atoms with Crippen molar-refractivity contribution in [2.75, 3.05) is 26.2 Å². The van der Waals surface area contributed by atoms with Gasteiger partial charge in [-0.1, -0.05) is 18.2 Å². The van der Waals surface area contributed by atoms with Crippen LogP contribution in [0.4, 0.5) is 13.2 Å². The SMILES string of the molecule is N#Cc1ccccc1[C@@H](CC(F)(F)F)N1CCNCC1. The Kier molecular flexibility index (Phi) is 4.63. The molecule has 1 N–H and O–H groups in total. The lowest BCUT2D eigenvalue weighted by Gasteiger charge is -2.36. The molecule has 1 fully saturated rings. The molecule has 0 radical (unpaired) electrons. The molecule has 20 heavy (non-hydrogen) atoms. The number of piperazine rings is 1. The van der Waals surface area contributed by atoms with E-state index >= 15 is 0 Å². The third kappa shape index (κ3) is 3.71. The standard InChI is InChI=1S/C14H16F3N3/c15-14(16,17)9-13(20-7-5-19-6-8-20)12-4-2-1-3-11(12)10-18/h1-4,13,19H,5-9H2/t13-/m1/s1. The summed E-state index contributed by atoms with van der Waals surface area (Å²) >= 11 is 0. The van der Waals surface area contributed by atoms with Gasteiger partial charge in [-0.3, -0.25) is 4.90 Å². The van der Waals surface area contributed by atoms with Crippen LogP contribution in [0.5, 0.6) is 0 Å². The molecule has 1 heterocycles. The molecule has 0 aliphatic carbocycles. The van der Waals surface area contributed by atoms with Gasteiger partial charge in [0, 0.05) is 32.2 Å². The third-order valence-electron chi connectivity index (χ3n) is 3.46. The van der Waals surface area contributed by atoms with Crippen molar-refractivity contribution in [3.05, 3.63) is 35.4 Å². The minimum Gasteiger partial charge on any atom is -0.314 e. The molecule has 0 aromatic heterocycles. The van der Waals surface area contributed by atoms with Gasteiger partial charge >= 0.3 is 6.18 Å². The summed E-state index contributed by atoms with van der Waals surface area (Å²) in [6, 6.07) is 7.75. The minimum absolute atomic E-state index is 0.320. The summed E-state index contributed by atoms with van der Waals surface area (Å²) in [5, 5.41) is 12.2. The van der Waals surface area contributed by atoms with E-state index in [0.717, 1.165) is 0 Å². The van der Waals surface area contributed by atoms with Crippen LogP contribution in [-0.2, 0) is 0 Å². The molecule has 1 saturated heterocycles. The van der Waals surface area contributed by atoms with E-state index in [1.54, 1.807) is 29.2 Å². The topological polar surface area (TPSA) is 39.1 Å². The van der Waals surface area contributed by atoms with Gasteiger partial charge in [-0.15, -0.1) is 0 Å². The first kappa shape index (κ1) is 14.8. The summed E-state index contributed by atoms with van der Waals surface area (Å²) < 4.78 is 38.6. The molecule has 108 valence electrons. The zero-order chi connectivity index (χ0) is 14.6. The second-order valence-electron chi connectivity index (χ2n) is 4.82. The highest BCUT2D eigenvalue weighted by atomic mass is 19.4. The van der Waals surface area contributed by atoms with E-state index in [2.05, 4.69) is 5.32 Å². The molecule has 1 aromatic rings. The van der Waals surface area contributed by atoms with Crippen molar-refractivity contribution in [3.63, 3.8) is 0 Å². The highest BCUT2D eigenvalue weighted by Crippen LogP contribution is 2.35. The summed E-state index contributed by atoms with van der Waals surface area (Å²) in [6.07, 6.45) is -5.18. The maximum absolute atomic E-state index is 12.9. The van der Waals surface area contributed by atoms with Gasteiger partial charge < -0.3 is 5.32 Å². The molecule has 0 bridgehead atoms. The summed E-state index contributed by atoms with van der Waals surface area (Å²) in [4.78, 5) is 1.81. The fourth-order valence-corrected chi connectivity index (χ4v) is 2.54. The number of nitrogens with zero attached hydrogens (tertiary/aromatic N) is 2. The van der Waals surface area contributed by atoms with Crippen LogP contribution in [0.2, 0.25) is 0 Å². The van der Waals surface area contributed by atoms with Gasteiger partial charge in [0.25, 0.3) is 0 Å². The molecule has 6 heteroatoms. The predicted molar refractivity (Wildman–Crippen MR) is 69.0 cm³/mol. The summed E-state index contributed by atoms with van der Waals surface area (Å²) in [5.41, 5.74) is 0.787. The van der Waals surface area contributed by atoms with Crippen LogP contribution in [0.15, 0.2) is 24.3 Å². The minimum atomic E-state index is -4.25. The van der Waals surface area contributed by atoms with Crippen molar-refractivity contribution in [2.45, 2.75) is 18.6 Å². The molecular weight excluding hydrogens is 267 g/mol. The van der Waals surface area contributed by atoms with E-state index in [-0.39, 0.29) is 0 Å². The number of nitrogens with one attached hydrogen (secondary N) is 1. The Morgan fingerprint density at radius 2 is 1.90 bits per heavy atom. The molecular formula is C14H16F3N3. The van der Waals surface area contributed by atoms with Crippen molar-refractivity contribution in [1.82, 2.24) is 10.2 Å². The zero-order valence-corrected chi connectivity index (χ0v) is 11.0. The van der Waals surface area contributed by atoms with Crippen molar-refractivity contribution in [1.29, 1.82) is 5.26 Å². The van der Waals surface area contributed by atoms with E-state index in [0.29, 0.717) is 37.3 Å². The first-order chi connectivity index (χ1) is 9.51. The van der Waals surface area contributed by atoms with Gasteiger partial charge in [0.2, 0.25) is 0 Å². The Morgan fingerprint density at radius 1 is 1.25 bits per heavy atom. The highest BCUT2D eigenvalue weighted by Gasteiger charge is 2.36. The van der Waals surface area contributed by atoms with Gasteiger partial charge in [0.15, 0.2) is 0 Å². The van der Waals surface area contributed by atoms with Crippen molar-refractivity contribution < 1.29 is 13.2 Å². The van der Waals surface area contributed by atoms with Crippen LogP contribution in [0.1, 0.15) is 23.6 Å². The lowest BCUT2D eigenvalue weighted by atomic mass is 9.96. The van der Waals surface area contributed by atoms with Gasteiger partial charge in [-0.05, 0) is 11.6 Å². The lowest BCUT2D eigenvalue weighted by molar-refractivity contribution is -0.148. The molecule has 1 aliphatic heterocycles. The van der Waals surface area contributed by atoms with Crippen LogP contribution in [0.3, 0.4) is 0 Å². The van der Waals surface area contributed by atoms with Crippen LogP contribution >= 0.6 is 0 Å². The molecule has 3 nitrogen and oxygen atoms in total. The second-order valence-corrected chi connectivity index (χ2v) is 4.82. The number of hydrogen-bond donors (Lipinski definition) is 1. The average molecular weight is 283 g/mol. The van der Waals surface area contributed by atoms with Crippen molar-refractivity contribution >= 4 is 0 Å². The molecule has 1 aromatic carbocycles. The molecule has 1 atom stereocenters. The number of nitriles is 1. The first-order valence-corrected chi connectivity index (χ1v) is 6.52. The Morgan fingerprint density at radius 3 is 2.50 bits per heavy atom. The van der Waals surface area contributed by atoms with Crippen molar-refractivity contribution in [2.24, 2.45) is 0 Å². The monoisotopic (exact) mass is 283 g/mol. The largest absolute Gasteiger partial charge is 0.390 e. The fraction of sp³-hybridized carbons (Fsp3) is 0.500. The van der Waals surface area contributed by atoms with Crippen LogP contribution in [0, 0.1) is 11.3 Å². The van der Waals surface area contributed by atoms with Gasteiger partial charge in [0.1, 0.15) is 0 Å². The first-order valence-electron chi connectivity index (χ1n) is 6.52. The smallest absolute Gasteiger partial charge is 0.314 e. The predicted octanol–water partition coefficient (Wildman–Crippen LogP) is 2.46.